The van der Waals surface area contributed by atoms with Gasteiger partial charge in [0.25, 0.3) is 0 Å². The van der Waals surface area contributed by atoms with Crippen molar-refractivity contribution in [2.24, 2.45) is 5.41 Å². The fourth-order valence-electron chi connectivity index (χ4n) is 4.69. The molecule has 0 saturated carbocycles. The lowest BCUT2D eigenvalue weighted by Crippen LogP contribution is -2.29. The zero-order valence-electron chi connectivity index (χ0n) is 23.4. The molecule has 0 spiro atoms. The molecule has 8 nitrogen and oxygen atoms in total. The second-order valence-electron chi connectivity index (χ2n) is 10.4. The number of anilines is 3. The molecule has 0 aliphatic heterocycles. The van der Waals surface area contributed by atoms with Gasteiger partial charge in [0.1, 0.15) is 6.10 Å². The Balaban J connectivity index is 1.49. The summed E-state index contributed by atoms with van der Waals surface area (Å²) in [6.07, 6.45) is 3.01. The minimum Gasteiger partial charge on any atom is -0.504 e. The van der Waals surface area contributed by atoms with E-state index < -0.39 is 17.6 Å². The normalized spacial score (nSPS) is 12.2. The second-order valence-corrected chi connectivity index (χ2v) is 10.4. The van der Waals surface area contributed by atoms with Crippen LogP contribution in [0.2, 0.25) is 0 Å². The van der Waals surface area contributed by atoms with Crippen molar-refractivity contribution in [3.05, 3.63) is 103 Å². The first-order valence-electron chi connectivity index (χ1n) is 13.3. The number of ether oxygens (including phenoxy) is 2. The highest BCUT2D eigenvalue weighted by Crippen LogP contribution is 2.43. The van der Waals surface area contributed by atoms with E-state index in [1.54, 1.807) is 48.5 Å². The van der Waals surface area contributed by atoms with E-state index in [1.807, 2.05) is 56.3 Å². The summed E-state index contributed by atoms with van der Waals surface area (Å²) in [6, 6.07) is 25.4. The molecule has 0 fully saturated rings. The summed E-state index contributed by atoms with van der Waals surface area (Å²) in [5.74, 6) is -0.0258. The number of hydrogen-bond donors (Lipinski definition) is 4. The number of nitrogens with two attached hydrogens (primary N) is 1. The van der Waals surface area contributed by atoms with Gasteiger partial charge in [0.15, 0.2) is 11.5 Å². The molecule has 0 unspecified atom stereocenters. The van der Waals surface area contributed by atoms with Crippen LogP contribution in [0.4, 0.5) is 21.9 Å². The van der Waals surface area contributed by atoms with Crippen molar-refractivity contribution in [2.75, 3.05) is 23.5 Å². The Hall–Kier alpha value is -4.98. The fourth-order valence-corrected chi connectivity index (χ4v) is 4.69. The van der Waals surface area contributed by atoms with Crippen LogP contribution in [0.15, 0.2) is 97.1 Å². The van der Waals surface area contributed by atoms with Crippen molar-refractivity contribution in [1.29, 1.82) is 0 Å². The molecule has 0 radical (unpaired) electrons. The SMILES string of the molecule is COc1ccc([C@@H](OC(=O)Nc2cccc3ccccc23)C(C)(C)CC/C=C/C(=O)Nc2ccccc2N)cc1O. The lowest BCUT2D eigenvalue weighted by atomic mass is 9.78. The Labute approximate surface area is 239 Å². The van der Waals surface area contributed by atoms with Crippen LogP contribution in [-0.2, 0) is 9.53 Å². The molecule has 0 saturated heterocycles. The summed E-state index contributed by atoms with van der Waals surface area (Å²) in [5, 5.41) is 18.0. The minimum absolute atomic E-state index is 0.0550. The van der Waals surface area contributed by atoms with E-state index >= 15 is 0 Å². The highest BCUT2D eigenvalue weighted by atomic mass is 16.6. The number of aromatic hydroxyl groups is 1. The predicted molar refractivity (Wildman–Crippen MR) is 163 cm³/mol. The number of phenols is 1. The first-order chi connectivity index (χ1) is 19.7. The molecular weight excluding hydrogens is 518 g/mol. The lowest BCUT2D eigenvalue weighted by Gasteiger charge is -2.34. The number of carbonyl (C=O) groups excluding carboxylic acids is 2. The van der Waals surface area contributed by atoms with E-state index in [0.29, 0.717) is 41.2 Å². The molecule has 0 bridgehead atoms. The van der Waals surface area contributed by atoms with E-state index in [9.17, 15) is 14.7 Å². The van der Waals surface area contributed by atoms with Crippen LogP contribution in [0, 0.1) is 5.41 Å². The molecule has 4 aromatic rings. The van der Waals surface area contributed by atoms with Crippen molar-refractivity contribution < 1.29 is 24.2 Å². The summed E-state index contributed by atoms with van der Waals surface area (Å²) < 4.78 is 11.2. The second kappa shape index (κ2) is 12.9. The molecule has 0 aromatic heterocycles. The average molecular weight is 554 g/mol. The van der Waals surface area contributed by atoms with Gasteiger partial charge in [-0.3, -0.25) is 10.1 Å². The minimum atomic E-state index is -0.722. The quantitative estimate of drug-likeness (QED) is 0.120. The number of allylic oxidation sites excluding steroid dienone is 1. The predicted octanol–water partition coefficient (Wildman–Crippen LogP) is 7.43. The largest absolute Gasteiger partial charge is 0.504 e. The molecule has 0 heterocycles. The molecule has 0 aliphatic rings. The fraction of sp³-hybridized carbons (Fsp3) is 0.212. The van der Waals surface area contributed by atoms with Crippen molar-refractivity contribution in [2.45, 2.75) is 32.8 Å². The van der Waals surface area contributed by atoms with Crippen LogP contribution in [0.25, 0.3) is 10.8 Å². The number of hydrogen-bond acceptors (Lipinski definition) is 6. The molecular formula is C33H35N3O5. The lowest BCUT2D eigenvalue weighted by molar-refractivity contribution is -0.111. The Morgan fingerprint density at radius 2 is 1.66 bits per heavy atom. The van der Waals surface area contributed by atoms with Gasteiger partial charge < -0.3 is 25.6 Å². The highest BCUT2D eigenvalue weighted by molar-refractivity contribution is 6.01. The monoisotopic (exact) mass is 553 g/mol. The molecule has 41 heavy (non-hydrogen) atoms. The Morgan fingerprint density at radius 1 is 0.951 bits per heavy atom. The van der Waals surface area contributed by atoms with Gasteiger partial charge in [0.2, 0.25) is 5.91 Å². The van der Waals surface area contributed by atoms with Gasteiger partial charge >= 0.3 is 6.09 Å². The first kappa shape index (κ1) is 29.0. The van der Waals surface area contributed by atoms with Crippen LogP contribution >= 0.6 is 0 Å². The topological polar surface area (TPSA) is 123 Å². The van der Waals surface area contributed by atoms with Crippen LogP contribution in [0.3, 0.4) is 0 Å². The van der Waals surface area contributed by atoms with Gasteiger partial charge in [-0.05, 0) is 60.2 Å². The van der Waals surface area contributed by atoms with Crippen LogP contribution in [0.1, 0.15) is 38.4 Å². The van der Waals surface area contributed by atoms with Crippen molar-refractivity contribution in [3.63, 3.8) is 0 Å². The first-order valence-corrected chi connectivity index (χ1v) is 13.3. The van der Waals surface area contributed by atoms with Gasteiger partial charge in [-0.2, -0.15) is 0 Å². The molecule has 2 amide bonds. The summed E-state index contributed by atoms with van der Waals surface area (Å²) in [7, 11) is 1.47. The molecule has 0 aliphatic carbocycles. The number of methoxy groups -OCH3 is 1. The third-order valence-corrected chi connectivity index (χ3v) is 6.91. The molecule has 8 heteroatoms. The van der Waals surface area contributed by atoms with Gasteiger partial charge in [0, 0.05) is 10.8 Å². The van der Waals surface area contributed by atoms with E-state index in [-0.39, 0.29) is 11.7 Å². The number of carbonyl (C=O) groups is 2. The number of phenolic OH excluding ortho intramolecular Hbond substituents is 1. The standard InChI is InChI=1S/C33H35N3O5/c1-33(2,20-9-8-17-30(38)35-27-15-7-6-14-25(27)34)31(23-18-19-29(40-3)28(37)21-23)41-32(39)36-26-16-10-12-22-11-4-5-13-24(22)26/h4-8,10-19,21,31,37H,9,20,34H2,1-3H3,(H,35,38)(H,36,39)/b17-8+/t31-/m1/s1. The zero-order valence-corrected chi connectivity index (χ0v) is 23.4. The highest BCUT2D eigenvalue weighted by Gasteiger charge is 2.34. The number of nitrogens with one attached hydrogen (secondary N) is 2. The summed E-state index contributed by atoms with van der Waals surface area (Å²) >= 11 is 0. The Kier molecular flexibility index (Phi) is 9.14. The van der Waals surface area contributed by atoms with Gasteiger partial charge in [-0.1, -0.05) is 74.5 Å². The number of benzene rings is 4. The molecule has 1 atom stereocenters. The van der Waals surface area contributed by atoms with Crippen molar-refractivity contribution in [3.8, 4) is 11.5 Å². The van der Waals surface area contributed by atoms with Crippen LogP contribution < -0.4 is 21.1 Å². The Bertz CT molecular complexity index is 1560. The van der Waals surface area contributed by atoms with Crippen molar-refractivity contribution >= 4 is 39.8 Å². The molecule has 5 N–H and O–H groups in total. The van der Waals surface area contributed by atoms with Gasteiger partial charge in [0.05, 0.1) is 24.2 Å². The number of nitrogen functional groups attached to an aromatic ring is 1. The summed E-state index contributed by atoms with van der Waals surface area (Å²) in [6.45, 7) is 3.95. The van der Waals surface area contributed by atoms with Crippen LogP contribution in [-0.4, -0.2) is 24.2 Å². The summed E-state index contributed by atoms with van der Waals surface area (Å²) in [4.78, 5) is 25.6. The number of amides is 2. The maximum Gasteiger partial charge on any atom is 0.412 e. The van der Waals surface area contributed by atoms with E-state index in [4.69, 9.17) is 15.2 Å². The number of rotatable bonds is 10. The van der Waals surface area contributed by atoms with E-state index in [2.05, 4.69) is 10.6 Å². The van der Waals surface area contributed by atoms with E-state index in [0.717, 1.165) is 10.8 Å². The average Bonchev–Trinajstić information content (AvgIpc) is 2.95. The maximum atomic E-state index is 13.2. The maximum absolute atomic E-state index is 13.2. The Morgan fingerprint density at radius 3 is 2.41 bits per heavy atom. The number of fused-ring (bicyclic) bond motifs is 1. The zero-order chi connectivity index (χ0) is 29.4. The summed E-state index contributed by atoms with van der Waals surface area (Å²) in [5.41, 5.74) is 7.60. The van der Waals surface area contributed by atoms with E-state index in [1.165, 1.54) is 13.2 Å². The van der Waals surface area contributed by atoms with Crippen molar-refractivity contribution in [1.82, 2.24) is 0 Å². The smallest absolute Gasteiger partial charge is 0.412 e. The third kappa shape index (κ3) is 7.36. The molecule has 4 rings (SSSR count). The van der Waals surface area contributed by atoms with Gasteiger partial charge in [-0.25, -0.2) is 4.79 Å². The number of para-hydroxylation sites is 2. The third-order valence-electron chi connectivity index (χ3n) is 6.91. The van der Waals surface area contributed by atoms with Gasteiger partial charge in [-0.15, -0.1) is 0 Å². The molecule has 212 valence electrons. The van der Waals surface area contributed by atoms with Crippen LogP contribution in [0.5, 0.6) is 11.5 Å². The molecule has 4 aromatic carbocycles.